The van der Waals surface area contributed by atoms with Gasteiger partial charge >= 0.3 is 0 Å². The van der Waals surface area contributed by atoms with E-state index in [0.717, 1.165) is 22.9 Å². The third kappa shape index (κ3) is 2.38. The highest BCUT2D eigenvalue weighted by molar-refractivity contribution is 9.10. The molecule has 1 atom stereocenters. The Morgan fingerprint density at radius 2 is 2.27 bits per heavy atom. The summed E-state index contributed by atoms with van der Waals surface area (Å²) in [6.07, 6.45) is 2.23. The van der Waals surface area contributed by atoms with E-state index in [9.17, 15) is 4.79 Å². The predicted octanol–water partition coefficient (Wildman–Crippen LogP) is 1.93. The molecule has 4 heteroatoms. The Morgan fingerprint density at radius 1 is 1.53 bits per heavy atom. The Labute approximate surface area is 97.1 Å². The first-order valence-electron chi connectivity index (χ1n) is 4.98. The van der Waals surface area contributed by atoms with Gasteiger partial charge in [-0.05, 0) is 36.5 Å². The van der Waals surface area contributed by atoms with E-state index in [1.807, 2.05) is 24.3 Å². The average molecular weight is 269 g/mol. The van der Waals surface area contributed by atoms with Crippen LogP contribution in [0.2, 0.25) is 0 Å². The maximum atomic E-state index is 11.7. The van der Waals surface area contributed by atoms with Gasteiger partial charge < -0.3 is 0 Å². The molecule has 1 fully saturated rings. The highest BCUT2D eigenvalue weighted by Crippen LogP contribution is 2.43. The van der Waals surface area contributed by atoms with Crippen molar-refractivity contribution in [2.75, 3.05) is 0 Å². The summed E-state index contributed by atoms with van der Waals surface area (Å²) in [5.74, 6) is 5.49. The van der Waals surface area contributed by atoms with Gasteiger partial charge in [-0.15, -0.1) is 0 Å². The molecule has 1 aromatic carbocycles. The van der Waals surface area contributed by atoms with Crippen molar-refractivity contribution in [2.24, 2.45) is 11.8 Å². The second-order valence-corrected chi connectivity index (χ2v) is 4.79. The Hall–Kier alpha value is -0.870. The third-order valence-electron chi connectivity index (χ3n) is 2.73. The van der Waals surface area contributed by atoms with Crippen LogP contribution in [-0.4, -0.2) is 5.91 Å². The van der Waals surface area contributed by atoms with Crippen LogP contribution >= 0.6 is 15.9 Å². The van der Waals surface area contributed by atoms with Crippen LogP contribution in [0.15, 0.2) is 28.7 Å². The molecule has 3 nitrogen and oxygen atoms in total. The number of carbonyl (C=O) groups is 1. The van der Waals surface area contributed by atoms with Crippen LogP contribution in [0.5, 0.6) is 0 Å². The van der Waals surface area contributed by atoms with Crippen molar-refractivity contribution in [1.82, 2.24) is 5.43 Å². The molecule has 1 saturated carbocycles. The van der Waals surface area contributed by atoms with Crippen LogP contribution in [0.25, 0.3) is 0 Å². The van der Waals surface area contributed by atoms with Crippen LogP contribution in [-0.2, 0) is 4.79 Å². The minimum Gasteiger partial charge on any atom is -0.294 e. The first-order chi connectivity index (χ1) is 7.22. The molecule has 2 rings (SSSR count). The second-order valence-electron chi connectivity index (χ2n) is 3.88. The number of hydrogen-bond acceptors (Lipinski definition) is 2. The lowest BCUT2D eigenvalue weighted by molar-refractivity contribution is -0.123. The molecule has 1 aliphatic carbocycles. The molecule has 0 bridgehead atoms. The normalized spacial score (nSPS) is 17.2. The Bertz CT molecular complexity index is 377. The molecule has 0 aromatic heterocycles. The number of hydrazine groups is 1. The van der Waals surface area contributed by atoms with Crippen LogP contribution < -0.4 is 11.3 Å². The molecule has 80 valence electrons. The first-order valence-corrected chi connectivity index (χ1v) is 5.77. The van der Waals surface area contributed by atoms with Gasteiger partial charge in [0.05, 0.1) is 5.92 Å². The molecule has 0 heterocycles. The van der Waals surface area contributed by atoms with Gasteiger partial charge in [0, 0.05) is 4.47 Å². The van der Waals surface area contributed by atoms with Gasteiger partial charge in [0.25, 0.3) is 0 Å². The number of amides is 1. The molecule has 1 amide bonds. The lowest BCUT2D eigenvalue weighted by atomic mass is 9.93. The zero-order chi connectivity index (χ0) is 10.8. The fourth-order valence-electron chi connectivity index (χ4n) is 1.86. The summed E-state index contributed by atoms with van der Waals surface area (Å²) in [6.45, 7) is 0. The van der Waals surface area contributed by atoms with Crippen molar-refractivity contribution >= 4 is 21.8 Å². The largest absolute Gasteiger partial charge is 0.294 e. The monoisotopic (exact) mass is 268 g/mol. The van der Waals surface area contributed by atoms with Gasteiger partial charge in [-0.1, -0.05) is 28.1 Å². The lowest BCUT2D eigenvalue weighted by Crippen LogP contribution is -2.35. The molecule has 3 N–H and O–H groups in total. The molecular weight excluding hydrogens is 256 g/mol. The van der Waals surface area contributed by atoms with E-state index in [1.165, 1.54) is 0 Å². The quantitative estimate of drug-likeness (QED) is 0.500. The SMILES string of the molecule is NNC(=O)C(c1cccc(Br)c1)C1CC1. The fraction of sp³-hybridized carbons (Fsp3) is 0.364. The van der Waals surface area contributed by atoms with Crippen LogP contribution in [0.1, 0.15) is 24.3 Å². The van der Waals surface area contributed by atoms with E-state index in [4.69, 9.17) is 5.84 Å². The van der Waals surface area contributed by atoms with Crippen molar-refractivity contribution in [3.8, 4) is 0 Å². The van der Waals surface area contributed by atoms with Gasteiger partial charge in [-0.25, -0.2) is 5.84 Å². The van der Waals surface area contributed by atoms with E-state index in [1.54, 1.807) is 0 Å². The van der Waals surface area contributed by atoms with Crippen molar-refractivity contribution in [2.45, 2.75) is 18.8 Å². The van der Waals surface area contributed by atoms with E-state index in [-0.39, 0.29) is 11.8 Å². The summed E-state index contributed by atoms with van der Waals surface area (Å²) in [5, 5.41) is 0. The first kappa shape index (κ1) is 10.6. The topological polar surface area (TPSA) is 55.1 Å². The minimum atomic E-state index is -0.0903. The molecule has 1 aromatic rings. The highest BCUT2D eigenvalue weighted by atomic mass is 79.9. The predicted molar refractivity (Wildman–Crippen MR) is 61.9 cm³/mol. The number of rotatable bonds is 3. The van der Waals surface area contributed by atoms with Crippen molar-refractivity contribution < 1.29 is 4.79 Å². The van der Waals surface area contributed by atoms with E-state index in [2.05, 4.69) is 21.4 Å². The lowest BCUT2D eigenvalue weighted by Gasteiger charge is -2.14. The summed E-state index contributed by atoms with van der Waals surface area (Å²) in [7, 11) is 0. The molecule has 1 unspecified atom stereocenters. The molecule has 0 saturated heterocycles. The molecule has 1 aliphatic rings. The summed E-state index contributed by atoms with van der Waals surface area (Å²) in [4.78, 5) is 11.7. The maximum absolute atomic E-state index is 11.7. The number of halogens is 1. The van der Waals surface area contributed by atoms with Gasteiger partial charge in [-0.2, -0.15) is 0 Å². The Balaban J connectivity index is 2.27. The summed E-state index contributed by atoms with van der Waals surface area (Å²) in [5.41, 5.74) is 3.29. The van der Waals surface area contributed by atoms with Crippen LogP contribution in [0.3, 0.4) is 0 Å². The fourth-order valence-corrected chi connectivity index (χ4v) is 2.27. The van der Waals surface area contributed by atoms with E-state index >= 15 is 0 Å². The van der Waals surface area contributed by atoms with Gasteiger partial charge in [0.1, 0.15) is 0 Å². The molecule has 0 radical (unpaired) electrons. The van der Waals surface area contributed by atoms with Crippen molar-refractivity contribution in [1.29, 1.82) is 0 Å². The average Bonchev–Trinajstić information content (AvgIpc) is 3.02. The van der Waals surface area contributed by atoms with E-state index in [0.29, 0.717) is 5.92 Å². The van der Waals surface area contributed by atoms with Gasteiger partial charge in [0.2, 0.25) is 5.91 Å². The zero-order valence-corrected chi connectivity index (χ0v) is 9.83. The molecule has 0 spiro atoms. The number of nitrogens with two attached hydrogens (primary N) is 1. The smallest absolute Gasteiger partial charge is 0.241 e. The molecule has 0 aliphatic heterocycles. The summed E-state index contributed by atoms with van der Waals surface area (Å²) in [6, 6.07) is 7.85. The second kappa shape index (κ2) is 4.33. The van der Waals surface area contributed by atoms with Crippen LogP contribution in [0, 0.1) is 5.92 Å². The number of benzene rings is 1. The van der Waals surface area contributed by atoms with E-state index < -0.39 is 0 Å². The number of carbonyl (C=O) groups excluding carboxylic acids is 1. The maximum Gasteiger partial charge on any atom is 0.241 e. The van der Waals surface area contributed by atoms with Gasteiger partial charge in [-0.3, -0.25) is 10.2 Å². The van der Waals surface area contributed by atoms with Gasteiger partial charge in [0.15, 0.2) is 0 Å². The Kier molecular flexibility index (Phi) is 3.07. The molecule has 15 heavy (non-hydrogen) atoms. The highest BCUT2D eigenvalue weighted by Gasteiger charge is 2.36. The molecular formula is C11H13BrN2O. The zero-order valence-electron chi connectivity index (χ0n) is 8.24. The number of hydrogen-bond donors (Lipinski definition) is 2. The van der Waals surface area contributed by atoms with Crippen molar-refractivity contribution in [3.63, 3.8) is 0 Å². The number of nitrogens with one attached hydrogen (secondary N) is 1. The van der Waals surface area contributed by atoms with Crippen LogP contribution in [0.4, 0.5) is 0 Å². The summed E-state index contributed by atoms with van der Waals surface area (Å²) >= 11 is 3.41. The van der Waals surface area contributed by atoms with Crippen molar-refractivity contribution in [3.05, 3.63) is 34.3 Å². The third-order valence-corrected chi connectivity index (χ3v) is 3.22. The summed E-state index contributed by atoms with van der Waals surface area (Å²) < 4.78 is 0.996. The standard InChI is InChI=1S/C11H13BrN2O/c12-9-3-1-2-8(6-9)10(7-4-5-7)11(15)14-13/h1-3,6-7,10H,4-5,13H2,(H,14,15). The Morgan fingerprint density at radius 3 is 2.80 bits per heavy atom. The minimum absolute atomic E-state index is 0.0874.